The average Bonchev–Trinajstić information content (AvgIpc) is 2.41. The molecule has 2 aromatic rings. The van der Waals surface area contributed by atoms with Gasteiger partial charge in [-0.25, -0.2) is 4.52 Å². The quantitative estimate of drug-likeness (QED) is 0.690. The molecule has 1 N–H and O–H groups in total. The Kier molecular flexibility index (Phi) is 1.74. The molecule has 0 saturated heterocycles. The van der Waals surface area contributed by atoms with Crippen LogP contribution in [0.2, 0.25) is 0 Å². The molecular weight excluding hydrogens is 178 g/mol. The fraction of sp³-hybridized carbons (Fsp3) is 0.400. The highest BCUT2D eigenvalue weighted by Gasteiger charge is 2.16. The number of hydrogen-bond donors (Lipinski definition) is 1. The van der Waals surface area contributed by atoms with Gasteiger partial charge in [0.2, 0.25) is 5.88 Å². The van der Waals surface area contributed by atoms with Crippen molar-refractivity contribution in [3.63, 3.8) is 0 Å². The summed E-state index contributed by atoms with van der Waals surface area (Å²) in [5.41, 5.74) is 1.64. The Bertz CT molecular complexity index is 468. The average molecular weight is 191 g/mol. The molecule has 4 nitrogen and oxygen atoms in total. The number of imidazole rings is 1. The normalized spacial score (nSPS) is 12.2. The van der Waals surface area contributed by atoms with E-state index in [2.05, 4.69) is 30.9 Å². The Morgan fingerprint density at radius 3 is 2.64 bits per heavy atom. The number of aromatic nitrogens is 3. The predicted molar refractivity (Wildman–Crippen MR) is 53.4 cm³/mol. The van der Waals surface area contributed by atoms with Crippen molar-refractivity contribution in [1.82, 2.24) is 14.6 Å². The molecule has 74 valence electrons. The summed E-state index contributed by atoms with van der Waals surface area (Å²) in [6.45, 7) is 6.29. The zero-order chi connectivity index (χ0) is 10.3. The van der Waals surface area contributed by atoms with Crippen molar-refractivity contribution in [2.24, 2.45) is 0 Å². The van der Waals surface area contributed by atoms with Gasteiger partial charge in [0.05, 0.1) is 11.9 Å². The summed E-state index contributed by atoms with van der Waals surface area (Å²) >= 11 is 0. The lowest BCUT2D eigenvalue weighted by molar-refractivity contribution is 0.456. The van der Waals surface area contributed by atoms with E-state index in [1.807, 2.05) is 12.1 Å². The van der Waals surface area contributed by atoms with Gasteiger partial charge < -0.3 is 5.11 Å². The summed E-state index contributed by atoms with van der Waals surface area (Å²) in [6.07, 6.45) is 1.50. The lowest BCUT2D eigenvalue weighted by Gasteiger charge is -2.16. The second kappa shape index (κ2) is 2.70. The summed E-state index contributed by atoms with van der Waals surface area (Å²) in [6, 6.07) is 3.79. The van der Waals surface area contributed by atoms with Crippen LogP contribution in [-0.4, -0.2) is 19.7 Å². The topological polar surface area (TPSA) is 50.4 Å². The largest absolute Gasteiger partial charge is 0.492 e. The molecule has 4 heteroatoms. The van der Waals surface area contributed by atoms with E-state index in [1.165, 1.54) is 6.20 Å². The first-order valence-corrected chi connectivity index (χ1v) is 4.53. The van der Waals surface area contributed by atoms with Crippen molar-refractivity contribution in [3.05, 3.63) is 24.0 Å². The zero-order valence-electron chi connectivity index (χ0n) is 8.52. The van der Waals surface area contributed by atoms with Crippen molar-refractivity contribution >= 4 is 5.65 Å². The summed E-state index contributed by atoms with van der Waals surface area (Å²) in [7, 11) is 0. The maximum atomic E-state index is 9.18. The summed E-state index contributed by atoms with van der Waals surface area (Å²) < 4.78 is 1.59. The SMILES string of the molecule is CC(C)(C)c1ccc2nc(O)cn2n1. The Balaban J connectivity index is 2.62. The number of rotatable bonds is 0. The smallest absolute Gasteiger partial charge is 0.231 e. The first-order valence-electron chi connectivity index (χ1n) is 4.53. The van der Waals surface area contributed by atoms with Crippen LogP contribution in [-0.2, 0) is 5.41 Å². The zero-order valence-corrected chi connectivity index (χ0v) is 8.52. The molecule has 0 aromatic carbocycles. The standard InChI is InChI=1S/C10H13N3O/c1-10(2,3)7-4-5-8-11-9(14)6-13(8)12-7/h4-6,14H,1-3H3. The molecule has 14 heavy (non-hydrogen) atoms. The van der Waals surface area contributed by atoms with Gasteiger partial charge in [-0.3, -0.25) is 0 Å². The first kappa shape index (κ1) is 8.99. The van der Waals surface area contributed by atoms with Crippen LogP contribution in [0.5, 0.6) is 5.88 Å². The van der Waals surface area contributed by atoms with Gasteiger partial charge in [0.15, 0.2) is 5.65 Å². The number of hydrogen-bond acceptors (Lipinski definition) is 3. The summed E-state index contributed by atoms with van der Waals surface area (Å²) in [5.74, 6) is 0.00330. The molecule has 0 atom stereocenters. The van der Waals surface area contributed by atoms with E-state index < -0.39 is 0 Å². The third-order valence-corrected chi connectivity index (χ3v) is 2.08. The molecule has 0 unspecified atom stereocenters. The minimum atomic E-state index is 0.00330. The highest BCUT2D eigenvalue weighted by molar-refractivity contribution is 5.40. The van der Waals surface area contributed by atoms with Gasteiger partial charge in [0.25, 0.3) is 0 Å². The molecule has 0 spiro atoms. The van der Waals surface area contributed by atoms with Crippen molar-refractivity contribution < 1.29 is 5.11 Å². The van der Waals surface area contributed by atoms with Crippen LogP contribution in [0, 0.1) is 0 Å². The van der Waals surface area contributed by atoms with Crippen molar-refractivity contribution in [3.8, 4) is 5.88 Å². The van der Waals surface area contributed by atoms with Gasteiger partial charge in [0.1, 0.15) is 0 Å². The highest BCUT2D eigenvalue weighted by atomic mass is 16.3. The van der Waals surface area contributed by atoms with Crippen LogP contribution in [0.1, 0.15) is 26.5 Å². The van der Waals surface area contributed by atoms with Crippen LogP contribution in [0.15, 0.2) is 18.3 Å². The van der Waals surface area contributed by atoms with E-state index in [-0.39, 0.29) is 11.3 Å². The molecule has 2 heterocycles. The lowest BCUT2D eigenvalue weighted by Crippen LogP contribution is -2.14. The van der Waals surface area contributed by atoms with Gasteiger partial charge in [-0.2, -0.15) is 10.1 Å². The molecule has 0 aliphatic rings. The summed E-state index contributed by atoms with van der Waals surface area (Å²) in [5, 5.41) is 13.5. The van der Waals surface area contributed by atoms with E-state index in [1.54, 1.807) is 4.52 Å². The van der Waals surface area contributed by atoms with E-state index >= 15 is 0 Å². The Morgan fingerprint density at radius 1 is 1.29 bits per heavy atom. The van der Waals surface area contributed by atoms with E-state index in [4.69, 9.17) is 0 Å². The lowest BCUT2D eigenvalue weighted by atomic mass is 9.92. The third-order valence-electron chi connectivity index (χ3n) is 2.08. The monoisotopic (exact) mass is 191 g/mol. The molecule has 0 saturated carbocycles. The number of aromatic hydroxyl groups is 1. The van der Waals surface area contributed by atoms with Crippen LogP contribution >= 0.6 is 0 Å². The van der Waals surface area contributed by atoms with E-state index in [0.29, 0.717) is 5.65 Å². The minimum absolute atomic E-state index is 0.00330. The van der Waals surface area contributed by atoms with Crippen LogP contribution in [0.25, 0.3) is 5.65 Å². The second-order valence-corrected chi connectivity index (χ2v) is 4.37. The number of fused-ring (bicyclic) bond motifs is 1. The molecule has 2 rings (SSSR count). The van der Waals surface area contributed by atoms with Crippen molar-refractivity contribution in [2.75, 3.05) is 0 Å². The highest BCUT2D eigenvalue weighted by Crippen LogP contribution is 2.20. The van der Waals surface area contributed by atoms with Gasteiger partial charge in [-0.05, 0) is 12.1 Å². The maximum absolute atomic E-state index is 9.18. The molecule has 0 aliphatic heterocycles. The van der Waals surface area contributed by atoms with Crippen LogP contribution in [0.3, 0.4) is 0 Å². The molecule has 0 aliphatic carbocycles. The van der Waals surface area contributed by atoms with E-state index in [0.717, 1.165) is 5.69 Å². The van der Waals surface area contributed by atoms with Crippen LogP contribution in [0.4, 0.5) is 0 Å². The molecule has 0 bridgehead atoms. The van der Waals surface area contributed by atoms with E-state index in [9.17, 15) is 5.11 Å². The second-order valence-electron chi connectivity index (χ2n) is 4.37. The molecule has 0 fully saturated rings. The molecule has 0 amide bonds. The van der Waals surface area contributed by atoms with Gasteiger partial charge in [-0.15, -0.1) is 0 Å². The minimum Gasteiger partial charge on any atom is -0.492 e. The van der Waals surface area contributed by atoms with Gasteiger partial charge in [0, 0.05) is 5.41 Å². The first-order chi connectivity index (χ1) is 6.47. The molecule has 2 aromatic heterocycles. The predicted octanol–water partition coefficient (Wildman–Crippen LogP) is 1.73. The molecular formula is C10H13N3O. The van der Waals surface area contributed by atoms with Gasteiger partial charge in [-0.1, -0.05) is 20.8 Å². The van der Waals surface area contributed by atoms with Crippen molar-refractivity contribution in [1.29, 1.82) is 0 Å². The Hall–Kier alpha value is -1.58. The van der Waals surface area contributed by atoms with Gasteiger partial charge >= 0.3 is 0 Å². The Labute approximate surface area is 82.2 Å². The fourth-order valence-corrected chi connectivity index (χ4v) is 1.27. The fourth-order valence-electron chi connectivity index (χ4n) is 1.27. The third kappa shape index (κ3) is 1.43. The summed E-state index contributed by atoms with van der Waals surface area (Å²) in [4.78, 5) is 3.89. The van der Waals surface area contributed by atoms with Crippen molar-refractivity contribution in [2.45, 2.75) is 26.2 Å². The van der Waals surface area contributed by atoms with Crippen LogP contribution < -0.4 is 0 Å². The molecule has 0 radical (unpaired) electrons. The number of nitrogens with zero attached hydrogens (tertiary/aromatic N) is 3. The maximum Gasteiger partial charge on any atom is 0.231 e. The Morgan fingerprint density at radius 2 is 2.00 bits per heavy atom.